The van der Waals surface area contributed by atoms with Gasteiger partial charge in [-0.25, -0.2) is 0 Å². The average molecular weight is 644 g/mol. The second-order valence-corrected chi connectivity index (χ2v) is 14.4. The van der Waals surface area contributed by atoms with E-state index in [1.165, 1.54) is 24.0 Å². The Kier molecular flexibility index (Phi) is 11.6. The van der Waals surface area contributed by atoms with Gasteiger partial charge in [-0.05, 0) is 127 Å². The monoisotopic (exact) mass is 643 g/mol. The average Bonchev–Trinajstić information content (AvgIpc) is 3.31. The molecule has 0 bridgehead atoms. The zero-order valence-electron chi connectivity index (χ0n) is 29.9. The lowest BCUT2D eigenvalue weighted by Crippen LogP contribution is -2.55. The van der Waals surface area contributed by atoms with Crippen molar-refractivity contribution in [2.75, 3.05) is 46.9 Å². The second-order valence-electron chi connectivity index (χ2n) is 14.4. The van der Waals surface area contributed by atoms with Crippen molar-refractivity contribution in [3.8, 4) is 0 Å². The molecule has 47 heavy (non-hydrogen) atoms. The fourth-order valence-electron chi connectivity index (χ4n) is 8.17. The Balaban J connectivity index is 1.44. The predicted molar refractivity (Wildman–Crippen MR) is 191 cm³/mol. The van der Waals surface area contributed by atoms with E-state index in [0.29, 0.717) is 23.2 Å². The van der Waals surface area contributed by atoms with E-state index < -0.39 is 0 Å². The van der Waals surface area contributed by atoms with Crippen LogP contribution in [0.2, 0.25) is 0 Å². The summed E-state index contributed by atoms with van der Waals surface area (Å²) in [7, 11) is 4.39. The van der Waals surface area contributed by atoms with E-state index in [0.717, 1.165) is 87.5 Å². The van der Waals surface area contributed by atoms with E-state index in [1.54, 1.807) is 0 Å². The smallest absolute Gasteiger partial charge is 0.253 e. The number of nitrogens with zero attached hydrogens (tertiary/aromatic N) is 3. The minimum atomic E-state index is -0.316. The number of pyridine rings is 1. The number of ether oxygens (including phenoxy) is 1. The highest BCUT2D eigenvalue weighted by Gasteiger charge is 2.43. The van der Waals surface area contributed by atoms with E-state index >= 15 is 0 Å². The summed E-state index contributed by atoms with van der Waals surface area (Å²) in [6.45, 7) is 16.3. The maximum absolute atomic E-state index is 14.1. The van der Waals surface area contributed by atoms with Gasteiger partial charge in [0.15, 0.2) is 0 Å². The summed E-state index contributed by atoms with van der Waals surface area (Å²) in [5.41, 5.74) is 7.31. The first kappa shape index (κ1) is 35.3. The first-order valence-corrected chi connectivity index (χ1v) is 17.7. The third-order valence-electron chi connectivity index (χ3n) is 11.1. The first-order chi connectivity index (χ1) is 22.5. The van der Waals surface area contributed by atoms with Crippen molar-refractivity contribution in [3.05, 3.63) is 85.9 Å². The molecule has 1 amide bonds. The Morgan fingerprint density at radius 2 is 1.74 bits per heavy atom. The van der Waals surface area contributed by atoms with Gasteiger partial charge in [0.25, 0.3) is 11.5 Å². The van der Waals surface area contributed by atoms with E-state index in [2.05, 4.69) is 90.2 Å². The SMILES string of the molecule is CCN(C1CCC(N(C)C)CC1)C1(C)CC(c2ccc(CN3CCCOCC3)cc2)=CC(C(=O)NCc2c(C)cc(C)[nH]c2=O)=C1C. The molecule has 2 heterocycles. The summed E-state index contributed by atoms with van der Waals surface area (Å²) >= 11 is 0. The topological polar surface area (TPSA) is 80.9 Å². The Labute approximate surface area is 282 Å². The normalized spacial score (nSPS) is 24.4. The lowest BCUT2D eigenvalue weighted by molar-refractivity contribution is -0.117. The van der Waals surface area contributed by atoms with Gasteiger partial charge in [-0.15, -0.1) is 0 Å². The molecule has 256 valence electrons. The third kappa shape index (κ3) is 8.16. The number of hydrogen-bond acceptors (Lipinski definition) is 6. The van der Waals surface area contributed by atoms with E-state index in [9.17, 15) is 9.59 Å². The molecular formula is C39H57N5O3. The van der Waals surface area contributed by atoms with Crippen LogP contribution >= 0.6 is 0 Å². The van der Waals surface area contributed by atoms with Crippen LogP contribution in [0.5, 0.6) is 0 Å². The molecule has 1 aliphatic heterocycles. The number of amides is 1. The Bertz CT molecular complexity index is 1510. The minimum Gasteiger partial charge on any atom is -0.380 e. The number of carbonyl (C=O) groups excluding carboxylic acids is 1. The Morgan fingerprint density at radius 1 is 1.04 bits per heavy atom. The maximum atomic E-state index is 14.1. The van der Waals surface area contributed by atoms with Crippen molar-refractivity contribution < 1.29 is 9.53 Å². The van der Waals surface area contributed by atoms with Crippen molar-refractivity contribution in [1.29, 1.82) is 0 Å². The minimum absolute atomic E-state index is 0.127. The number of likely N-dealkylation sites (N-methyl/N-ethyl adjacent to an activating group) is 1. The molecule has 1 aromatic carbocycles. The van der Waals surface area contributed by atoms with Crippen LogP contribution in [0.15, 0.2) is 52.3 Å². The molecule has 2 N–H and O–H groups in total. The molecule has 1 unspecified atom stereocenters. The highest BCUT2D eigenvalue weighted by Crippen LogP contribution is 2.44. The van der Waals surface area contributed by atoms with Gasteiger partial charge in [0.1, 0.15) is 0 Å². The van der Waals surface area contributed by atoms with Crippen molar-refractivity contribution in [1.82, 2.24) is 25.0 Å². The second kappa shape index (κ2) is 15.5. The van der Waals surface area contributed by atoms with Gasteiger partial charge >= 0.3 is 0 Å². The van der Waals surface area contributed by atoms with Crippen molar-refractivity contribution in [3.63, 3.8) is 0 Å². The van der Waals surface area contributed by atoms with E-state index in [-0.39, 0.29) is 23.6 Å². The molecule has 2 fully saturated rings. The highest BCUT2D eigenvalue weighted by molar-refractivity contribution is 6.00. The van der Waals surface area contributed by atoms with Gasteiger partial charge in [-0.2, -0.15) is 0 Å². The number of rotatable bonds is 10. The fourth-order valence-corrected chi connectivity index (χ4v) is 8.17. The fraction of sp³-hybridized carbons (Fsp3) is 0.590. The predicted octanol–water partition coefficient (Wildman–Crippen LogP) is 5.59. The van der Waals surface area contributed by atoms with E-state index in [1.807, 2.05) is 19.9 Å². The molecule has 1 atom stereocenters. The highest BCUT2D eigenvalue weighted by atomic mass is 16.5. The number of benzene rings is 1. The maximum Gasteiger partial charge on any atom is 0.253 e. The molecule has 1 saturated heterocycles. The first-order valence-electron chi connectivity index (χ1n) is 17.7. The molecule has 0 radical (unpaired) electrons. The van der Waals surface area contributed by atoms with Gasteiger partial charge in [0.05, 0.1) is 6.61 Å². The molecule has 0 spiro atoms. The molecule has 1 saturated carbocycles. The van der Waals surface area contributed by atoms with Crippen molar-refractivity contribution >= 4 is 11.5 Å². The summed E-state index contributed by atoms with van der Waals surface area (Å²) in [4.78, 5) is 37.2. The number of nitrogens with one attached hydrogen (secondary N) is 2. The van der Waals surface area contributed by atoms with Crippen molar-refractivity contribution in [2.24, 2.45) is 0 Å². The van der Waals surface area contributed by atoms with Gasteiger partial charge in [0, 0.05) is 67.2 Å². The van der Waals surface area contributed by atoms with Gasteiger partial charge < -0.3 is 19.9 Å². The van der Waals surface area contributed by atoms with Crippen molar-refractivity contribution in [2.45, 2.75) is 104 Å². The van der Waals surface area contributed by atoms with Crippen LogP contribution in [0.1, 0.15) is 87.2 Å². The largest absolute Gasteiger partial charge is 0.380 e. The molecular weight excluding hydrogens is 586 g/mol. The van der Waals surface area contributed by atoms with Crippen LogP contribution < -0.4 is 10.9 Å². The number of carbonyl (C=O) groups is 1. The van der Waals surface area contributed by atoms with Crippen LogP contribution in [0.25, 0.3) is 5.57 Å². The Morgan fingerprint density at radius 3 is 2.40 bits per heavy atom. The third-order valence-corrected chi connectivity index (χ3v) is 11.1. The number of aryl methyl sites for hydroxylation is 2. The van der Waals surface area contributed by atoms with Crippen LogP contribution in [0, 0.1) is 13.8 Å². The summed E-state index contributed by atoms with van der Waals surface area (Å²) in [6.07, 6.45) is 8.73. The van der Waals surface area contributed by atoms with Gasteiger partial charge in [-0.3, -0.25) is 19.4 Å². The van der Waals surface area contributed by atoms with Crippen LogP contribution in [-0.2, 0) is 22.6 Å². The lowest BCUT2D eigenvalue weighted by Gasteiger charge is -2.50. The lowest BCUT2D eigenvalue weighted by atomic mass is 9.73. The molecule has 3 aliphatic rings. The number of hydrogen-bond donors (Lipinski definition) is 2. The quantitative estimate of drug-likeness (QED) is 0.352. The Hall–Kier alpha value is -3.04. The summed E-state index contributed by atoms with van der Waals surface area (Å²) in [5, 5.41) is 3.12. The van der Waals surface area contributed by atoms with Crippen LogP contribution in [0.4, 0.5) is 0 Å². The van der Waals surface area contributed by atoms with Crippen LogP contribution in [-0.4, -0.2) is 90.2 Å². The zero-order valence-corrected chi connectivity index (χ0v) is 29.9. The molecule has 5 rings (SSSR count). The summed E-state index contributed by atoms with van der Waals surface area (Å²) < 4.78 is 5.66. The molecule has 2 aliphatic carbocycles. The molecule has 8 nitrogen and oxygen atoms in total. The zero-order chi connectivity index (χ0) is 33.7. The van der Waals surface area contributed by atoms with Gasteiger partial charge in [-0.1, -0.05) is 31.2 Å². The summed E-state index contributed by atoms with van der Waals surface area (Å²) in [6, 6.07) is 12.0. The molecule has 2 aromatic rings. The molecule has 8 heteroatoms. The number of H-pyrrole nitrogens is 1. The van der Waals surface area contributed by atoms with E-state index in [4.69, 9.17) is 4.74 Å². The standard InChI is InChI=1S/C39H57N5O3/c1-8-44(34-16-14-33(15-17-34)42(6)7)39(5)24-32(31-12-10-30(11-13-31)26-43-18-9-20-47-21-19-43)23-35(29(39)4)37(45)40-25-36-27(2)22-28(3)41-38(36)46/h10-13,22-23,33-34H,8-9,14-21,24-26H2,1-7H3,(H,40,45)(H,41,46). The summed E-state index contributed by atoms with van der Waals surface area (Å²) in [5.74, 6) is -0.127. The van der Waals surface area contributed by atoms with Crippen LogP contribution in [0.3, 0.4) is 0 Å². The number of aromatic amines is 1. The molecule has 1 aromatic heterocycles. The van der Waals surface area contributed by atoms with Gasteiger partial charge in [0.2, 0.25) is 0 Å². The number of aromatic nitrogens is 1.